The van der Waals surface area contributed by atoms with Crippen LogP contribution in [0.3, 0.4) is 0 Å². The molecule has 4 rings (SSSR count). The highest BCUT2D eigenvalue weighted by molar-refractivity contribution is 5.48. The van der Waals surface area contributed by atoms with E-state index in [2.05, 4.69) is 22.0 Å². The largest absolute Gasteiger partial charge is 0.497 e. The van der Waals surface area contributed by atoms with E-state index in [1.54, 1.807) is 13.2 Å². The van der Waals surface area contributed by atoms with Crippen molar-refractivity contribution < 1.29 is 9.47 Å². The van der Waals surface area contributed by atoms with E-state index < -0.39 is 0 Å². The Kier molecular flexibility index (Phi) is 5.14. The van der Waals surface area contributed by atoms with Crippen molar-refractivity contribution in [1.82, 2.24) is 20.0 Å². The van der Waals surface area contributed by atoms with Crippen molar-refractivity contribution in [3.8, 4) is 17.5 Å². The molecule has 8 nitrogen and oxygen atoms in total. The van der Waals surface area contributed by atoms with Crippen LogP contribution in [0.4, 0.5) is 5.82 Å². The van der Waals surface area contributed by atoms with Gasteiger partial charge in [0.05, 0.1) is 37.7 Å². The van der Waals surface area contributed by atoms with Crippen molar-refractivity contribution in [2.45, 2.75) is 19.9 Å². The minimum absolute atomic E-state index is 0.0367. The first-order chi connectivity index (χ1) is 14.1. The number of rotatable bonds is 4. The predicted octanol–water partition coefficient (Wildman–Crippen LogP) is 2.74. The monoisotopic (exact) mass is 390 g/mol. The van der Waals surface area contributed by atoms with Gasteiger partial charge in [0.25, 0.3) is 0 Å². The van der Waals surface area contributed by atoms with Gasteiger partial charge >= 0.3 is 0 Å². The van der Waals surface area contributed by atoms with Gasteiger partial charge in [-0.05, 0) is 38.1 Å². The van der Waals surface area contributed by atoms with Gasteiger partial charge in [-0.15, -0.1) is 10.2 Å². The summed E-state index contributed by atoms with van der Waals surface area (Å²) in [5, 5.41) is 22.0. The fourth-order valence-corrected chi connectivity index (χ4v) is 3.79. The zero-order valence-electron chi connectivity index (χ0n) is 16.7. The van der Waals surface area contributed by atoms with Gasteiger partial charge in [-0.3, -0.25) is 0 Å². The lowest BCUT2D eigenvalue weighted by Gasteiger charge is -2.36. The van der Waals surface area contributed by atoms with Crippen LogP contribution in [-0.4, -0.2) is 46.8 Å². The molecule has 0 N–H and O–H groups in total. The minimum Gasteiger partial charge on any atom is -0.497 e. The predicted molar refractivity (Wildman–Crippen MR) is 107 cm³/mol. The maximum atomic E-state index is 8.98. The summed E-state index contributed by atoms with van der Waals surface area (Å²) in [7, 11) is 1.65. The van der Waals surface area contributed by atoms with Gasteiger partial charge < -0.3 is 14.4 Å². The smallest absolute Gasteiger partial charge is 0.163 e. The Bertz CT molecular complexity index is 1050. The Morgan fingerprint density at radius 2 is 2.07 bits per heavy atom. The topological polar surface area (TPSA) is 89.1 Å². The average molecular weight is 390 g/mol. The zero-order chi connectivity index (χ0) is 20.4. The molecule has 29 heavy (non-hydrogen) atoms. The molecule has 3 heterocycles. The Balaban J connectivity index is 1.74. The summed E-state index contributed by atoms with van der Waals surface area (Å²) in [6, 6.07) is 13.3. The summed E-state index contributed by atoms with van der Waals surface area (Å²) in [6.07, 6.45) is 0. The SMILES string of the molecule is COc1cccc(-n2nc(C)c([C@H]3COCCN3c3ccc(C#N)nn3)c2C)c1. The molecule has 148 valence electrons. The number of benzene rings is 1. The number of anilines is 1. The van der Waals surface area contributed by atoms with E-state index in [1.165, 1.54) is 0 Å². The lowest BCUT2D eigenvalue weighted by atomic mass is 10.0. The molecule has 1 aliphatic rings. The van der Waals surface area contributed by atoms with Gasteiger partial charge in [0.15, 0.2) is 11.5 Å². The van der Waals surface area contributed by atoms with Crippen LogP contribution < -0.4 is 9.64 Å². The summed E-state index contributed by atoms with van der Waals surface area (Å²) in [6.45, 7) is 5.91. The van der Waals surface area contributed by atoms with E-state index >= 15 is 0 Å². The van der Waals surface area contributed by atoms with Crippen LogP contribution in [-0.2, 0) is 4.74 Å². The van der Waals surface area contributed by atoms with Crippen LogP contribution in [0.5, 0.6) is 5.75 Å². The van der Waals surface area contributed by atoms with Crippen molar-refractivity contribution >= 4 is 5.82 Å². The first kappa shape index (κ1) is 18.9. The van der Waals surface area contributed by atoms with Gasteiger partial charge in [0, 0.05) is 23.9 Å². The number of hydrogen-bond acceptors (Lipinski definition) is 7. The second-order valence-electron chi connectivity index (χ2n) is 6.87. The van der Waals surface area contributed by atoms with Crippen molar-refractivity contribution in [2.24, 2.45) is 0 Å². The van der Waals surface area contributed by atoms with Crippen LogP contribution in [0.2, 0.25) is 0 Å². The van der Waals surface area contributed by atoms with Gasteiger partial charge in [-0.25, -0.2) is 4.68 Å². The second-order valence-corrected chi connectivity index (χ2v) is 6.87. The summed E-state index contributed by atoms with van der Waals surface area (Å²) in [4.78, 5) is 2.17. The Morgan fingerprint density at radius 3 is 2.79 bits per heavy atom. The molecule has 1 saturated heterocycles. The lowest BCUT2D eigenvalue weighted by Crippen LogP contribution is -2.40. The number of hydrogen-bond donors (Lipinski definition) is 0. The molecule has 1 atom stereocenters. The molecular weight excluding hydrogens is 368 g/mol. The minimum atomic E-state index is -0.0367. The summed E-state index contributed by atoms with van der Waals surface area (Å²) in [5.74, 6) is 1.51. The van der Waals surface area contributed by atoms with Crippen LogP contribution in [0, 0.1) is 25.2 Å². The molecule has 1 fully saturated rings. The quantitative estimate of drug-likeness (QED) is 0.677. The second kappa shape index (κ2) is 7.89. The first-order valence-electron chi connectivity index (χ1n) is 9.41. The number of aromatic nitrogens is 4. The van der Waals surface area contributed by atoms with Crippen LogP contribution in [0.15, 0.2) is 36.4 Å². The molecule has 8 heteroatoms. The number of methoxy groups -OCH3 is 1. The molecule has 0 bridgehead atoms. The molecular formula is C21H22N6O2. The highest BCUT2D eigenvalue weighted by atomic mass is 16.5. The molecule has 1 aliphatic heterocycles. The van der Waals surface area contributed by atoms with Gasteiger partial charge in [0.2, 0.25) is 0 Å². The molecule has 0 amide bonds. The molecule has 0 aliphatic carbocycles. The highest BCUT2D eigenvalue weighted by Gasteiger charge is 2.31. The Hall–Kier alpha value is -3.44. The lowest BCUT2D eigenvalue weighted by molar-refractivity contribution is 0.0932. The average Bonchev–Trinajstić information content (AvgIpc) is 3.07. The maximum absolute atomic E-state index is 8.98. The standard InChI is InChI=1S/C21H22N6O2/c1-14-21(15(2)27(25-14)17-5-4-6-18(11-17)28-3)19-13-29-10-9-26(19)20-8-7-16(12-22)23-24-20/h4-8,11,19H,9-10,13H2,1-3H3/t19-/m1/s1. The molecule has 0 unspecified atom stereocenters. The van der Waals surface area contributed by atoms with Crippen molar-refractivity contribution in [3.63, 3.8) is 0 Å². The summed E-state index contributed by atoms with van der Waals surface area (Å²) in [5.41, 5.74) is 4.33. The van der Waals surface area contributed by atoms with Crippen LogP contribution in [0.1, 0.15) is 28.7 Å². The van der Waals surface area contributed by atoms with E-state index in [4.69, 9.17) is 19.8 Å². The zero-order valence-corrected chi connectivity index (χ0v) is 16.7. The molecule has 0 spiro atoms. The normalized spacial score (nSPS) is 16.5. The van der Waals surface area contributed by atoms with Gasteiger partial charge in [-0.1, -0.05) is 6.07 Å². The fourth-order valence-electron chi connectivity index (χ4n) is 3.79. The highest BCUT2D eigenvalue weighted by Crippen LogP contribution is 2.33. The fraction of sp³-hybridized carbons (Fsp3) is 0.333. The molecule has 2 aromatic heterocycles. The third-order valence-electron chi connectivity index (χ3n) is 5.17. The maximum Gasteiger partial charge on any atom is 0.163 e. The molecule has 1 aromatic carbocycles. The number of nitriles is 1. The van der Waals surface area contributed by atoms with E-state index in [1.807, 2.05) is 48.0 Å². The number of ether oxygens (including phenoxy) is 2. The molecule has 0 radical (unpaired) electrons. The summed E-state index contributed by atoms with van der Waals surface area (Å²) >= 11 is 0. The van der Waals surface area contributed by atoms with E-state index in [9.17, 15) is 0 Å². The van der Waals surface area contributed by atoms with Crippen LogP contribution >= 0.6 is 0 Å². The van der Waals surface area contributed by atoms with E-state index in [0.29, 0.717) is 25.5 Å². The Morgan fingerprint density at radius 1 is 1.21 bits per heavy atom. The number of nitrogens with zero attached hydrogens (tertiary/aromatic N) is 6. The van der Waals surface area contributed by atoms with Crippen molar-refractivity contribution in [3.05, 3.63) is 59.0 Å². The van der Waals surface area contributed by atoms with Crippen molar-refractivity contribution in [2.75, 3.05) is 31.8 Å². The van der Waals surface area contributed by atoms with E-state index in [-0.39, 0.29) is 6.04 Å². The number of morpholine rings is 1. The van der Waals surface area contributed by atoms with Crippen molar-refractivity contribution in [1.29, 1.82) is 5.26 Å². The molecule has 0 saturated carbocycles. The first-order valence-corrected chi connectivity index (χ1v) is 9.41. The van der Waals surface area contributed by atoms with E-state index in [0.717, 1.165) is 34.2 Å². The molecule has 3 aromatic rings. The summed E-state index contributed by atoms with van der Waals surface area (Å²) < 4.78 is 13.1. The number of aryl methyl sites for hydroxylation is 1. The third kappa shape index (κ3) is 3.52. The van der Waals surface area contributed by atoms with Gasteiger partial charge in [-0.2, -0.15) is 10.4 Å². The third-order valence-corrected chi connectivity index (χ3v) is 5.17. The van der Waals surface area contributed by atoms with Crippen LogP contribution in [0.25, 0.3) is 5.69 Å². The van der Waals surface area contributed by atoms with Gasteiger partial charge in [0.1, 0.15) is 11.8 Å². The Labute approximate surface area is 169 Å².